The summed E-state index contributed by atoms with van der Waals surface area (Å²) in [5, 5.41) is 42.3. The van der Waals surface area contributed by atoms with Crippen molar-refractivity contribution in [3.05, 3.63) is 35.9 Å². The van der Waals surface area contributed by atoms with Crippen LogP contribution in [0.15, 0.2) is 30.3 Å². The van der Waals surface area contributed by atoms with Gasteiger partial charge in [0.2, 0.25) is 5.91 Å². The molecule has 1 saturated heterocycles. The summed E-state index contributed by atoms with van der Waals surface area (Å²) in [7, 11) is 0. The molecule has 8 heteroatoms. The zero-order chi connectivity index (χ0) is 25.5. The van der Waals surface area contributed by atoms with Crippen LogP contribution in [0.25, 0.3) is 0 Å². The number of carbonyl (C=O) groups excluding carboxylic acids is 1. The van der Waals surface area contributed by atoms with E-state index in [1.807, 2.05) is 30.3 Å². The SMILES string of the molecule is CCCCCCCCCCC[C@@H](CC(=O)N[C@H]1[C@@H](O)[C@H](O)[C@@H](CO)O[C@@H]1O)OCc1ccccc1. The first-order valence-corrected chi connectivity index (χ1v) is 13.2. The monoisotopic (exact) mass is 495 g/mol. The first-order chi connectivity index (χ1) is 17.0. The van der Waals surface area contributed by atoms with E-state index in [2.05, 4.69) is 12.2 Å². The molecule has 1 fully saturated rings. The van der Waals surface area contributed by atoms with Crippen molar-refractivity contribution in [2.24, 2.45) is 0 Å². The van der Waals surface area contributed by atoms with Gasteiger partial charge in [0.1, 0.15) is 24.4 Å². The Kier molecular flexibility index (Phi) is 14.4. The van der Waals surface area contributed by atoms with Crippen molar-refractivity contribution in [1.29, 1.82) is 0 Å². The molecule has 1 aromatic rings. The highest BCUT2D eigenvalue weighted by Crippen LogP contribution is 2.21. The maximum Gasteiger partial charge on any atom is 0.223 e. The third kappa shape index (κ3) is 10.9. The van der Waals surface area contributed by atoms with Crippen LogP contribution >= 0.6 is 0 Å². The van der Waals surface area contributed by atoms with Gasteiger partial charge < -0.3 is 35.2 Å². The predicted octanol–water partition coefficient (Wildman–Crippen LogP) is 2.80. The Labute approximate surface area is 209 Å². The van der Waals surface area contributed by atoms with Crippen LogP contribution in [0.2, 0.25) is 0 Å². The Balaban J connectivity index is 1.82. The van der Waals surface area contributed by atoms with E-state index in [1.165, 1.54) is 44.9 Å². The highest BCUT2D eigenvalue weighted by atomic mass is 16.6. The van der Waals surface area contributed by atoms with E-state index in [9.17, 15) is 25.2 Å². The number of ether oxygens (including phenoxy) is 2. The number of hydrogen-bond donors (Lipinski definition) is 5. The number of rotatable bonds is 17. The van der Waals surface area contributed by atoms with Gasteiger partial charge in [0.15, 0.2) is 6.29 Å². The van der Waals surface area contributed by atoms with Gasteiger partial charge in [0.25, 0.3) is 0 Å². The number of aliphatic hydroxyl groups is 4. The van der Waals surface area contributed by atoms with Crippen LogP contribution in [0.3, 0.4) is 0 Å². The Morgan fingerprint density at radius 3 is 2.23 bits per heavy atom. The number of benzene rings is 1. The van der Waals surface area contributed by atoms with Gasteiger partial charge >= 0.3 is 0 Å². The largest absolute Gasteiger partial charge is 0.394 e. The minimum Gasteiger partial charge on any atom is -0.394 e. The third-order valence-electron chi connectivity index (χ3n) is 6.60. The first kappa shape index (κ1) is 29.7. The molecule has 0 radical (unpaired) electrons. The lowest BCUT2D eigenvalue weighted by atomic mass is 9.96. The van der Waals surface area contributed by atoms with E-state index in [-0.39, 0.29) is 12.5 Å². The molecule has 200 valence electrons. The lowest BCUT2D eigenvalue weighted by molar-refractivity contribution is -0.254. The van der Waals surface area contributed by atoms with Crippen LogP contribution in [-0.4, -0.2) is 69.7 Å². The average molecular weight is 496 g/mol. The Hall–Kier alpha value is -1.55. The van der Waals surface area contributed by atoms with Crippen LogP contribution in [-0.2, 0) is 20.9 Å². The minimum absolute atomic E-state index is 0.0688. The number of aliphatic hydroxyl groups excluding tert-OH is 4. The maximum atomic E-state index is 12.7. The van der Waals surface area contributed by atoms with Gasteiger partial charge in [-0.2, -0.15) is 0 Å². The molecule has 0 aliphatic carbocycles. The fourth-order valence-electron chi connectivity index (χ4n) is 4.42. The van der Waals surface area contributed by atoms with Crippen LogP contribution in [0, 0.1) is 0 Å². The van der Waals surface area contributed by atoms with Gasteiger partial charge in [-0.25, -0.2) is 0 Å². The van der Waals surface area contributed by atoms with Crippen LogP contribution in [0.4, 0.5) is 0 Å². The van der Waals surface area contributed by atoms with Crippen molar-refractivity contribution in [3.63, 3.8) is 0 Å². The second-order valence-electron chi connectivity index (χ2n) is 9.56. The normalized spacial score (nSPS) is 25.3. The average Bonchev–Trinajstić information content (AvgIpc) is 2.86. The van der Waals surface area contributed by atoms with Gasteiger partial charge in [0, 0.05) is 0 Å². The molecule has 1 amide bonds. The quantitative estimate of drug-likeness (QED) is 0.210. The number of carbonyl (C=O) groups is 1. The molecule has 8 nitrogen and oxygen atoms in total. The molecule has 0 bridgehead atoms. The van der Waals surface area contributed by atoms with Crippen molar-refractivity contribution in [3.8, 4) is 0 Å². The summed E-state index contributed by atoms with van der Waals surface area (Å²) < 4.78 is 11.2. The molecular weight excluding hydrogens is 450 g/mol. The molecule has 0 aromatic heterocycles. The fraction of sp³-hybridized carbons (Fsp3) is 0.741. The summed E-state index contributed by atoms with van der Waals surface area (Å²) in [5.41, 5.74) is 1.02. The van der Waals surface area contributed by atoms with E-state index in [1.54, 1.807) is 0 Å². The zero-order valence-electron chi connectivity index (χ0n) is 21.1. The zero-order valence-corrected chi connectivity index (χ0v) is 21.1. The Morgan fingerprint density at radius 1 is 0.971 bits per heavy atom. The molecular formula is C27H45NO7. The smallest absolute Gasteiger partial charge is 0.223 e. The molecule has 5 N–H and O–H groups in total. The number of amides is 1. The Morgan fingerprint density at radius 2 is 1.60 bits per heavy atom. The molecule has 0 unspecified atom stereocenters. The van der Waals surface area contributed by atoms with Gasteiger partial charge in [-0.1, -0.05) is 95.0 Å². The second-order valence-corrected chi connectivity index (χ2v) is 9.56. The van der Waals surface area contributed by atoms with E-state index in [4.69, 9.17) is 9.47 Å². The molecule has 0 saturated carbocycles. The summed E-state index contributed by atoms with van der Waals surface area (Å²) in [6.45, 7) is 2.06. The van der Waals surface area contributed by atoms with Gasteiger partial charge in [-0.05, 0) is 12.0 Å². The van der Waals surface area contributed by atoms with E-state index >= 15 is 0 Å². The molecule has 1 aliphatic rings. The second kappa shape index (κ2) is 17.0. The lowest BCUT2D eigenvalue weighted by Gasteiger charge is -2.40. The molecule has 1 aromatic carbocycles. The number of hydrogen-bond acceptors (Lipinski definition) is 7. The molecule has 6 atom stereocenters. The van der Waals surface area contributed by atoms with Crippen molar-refractivity contribution in [1.82, 2.24) is 5.32 Å². The van der Waals surface area contributed by atoms with Crippen molar-refractivity contribution in [2.75, 3.05) is 6.61 Å². The van der Waals surface area contributed by atoms with E-state index in [0.717, 1.165) is 24.8 Å². The highest BCUT2D eigenvalue weighted by Gasteiger charge is 2.44. The molecule has 1 aliphatic heterocycles. The fourth-order valence-corrected chi connectivity index (χ4v) is 4.42. The van der Waals surface area contributed by atoms with Crippen molar-refractivity contribution in [2.45, 2.75) is 121 Å². The topological polar surface area (TPSA) is 128 Å². The first-order valence-electron chi connectivity index (χ1n) is 13.2. The van der Waals surface area contributed by atoms with E-state index in [0.29, 0.717) is 6.61 Å². The molecule has 0 spiro atoms. The Bertz CT molecular complexity index is 689. The van der Waals surface area contributed by atoms with Crippen LogP contribution in [0.1, 0.15) is 83.1 Å². The summed E-state index contributed by atoms with van der Waals surface area (Å²) in [4.78, 5) is 12.7. The van der Waals surface area contributed by atoms with Crippen LogP contribution < -0.4 is 5.32 Å². The lowest BCUT2D eigenvalue weighted by Crippen LogP contribution is -2.64. The highest BCUT2D eigenvalue weighted by molar-refractivity contribution is 5.77. The third-order valence-corrected chi connectivity index (χ3v) is 6.60. The number of nitrogens with one attached hydrogen (secondary N) is 1. The molecule has 35 heavy (non-hydrogen) atoms. The van der Waals surface area contributed by atoms with Gasteiger partial charge in [-0.3, -0.25) is 4.79 Å². The molecule has 1 heterocycles. The molecule has 2 rings (SSSR count). The summed E-state index contributed by atoms with van der Waals surface area (Å²) in [6, 6.07) is 8.58. The van der Waals surface area contributed by atoms with Crippen molar-refractivity contribution >= 4 is 5.91 Å². The van der Waals surface area contributed by atoms with E-state index < -0.39 is 43.2 Å². The maximum absolute atomic E-state index is 12.7. The summed E-state index contributed by atoms with van der Waals surface area (Å²) in [5.74, 6) is -0.402. The van der Waals surface area contributed by atoms with Crippen molar-refractivity contribution < 1.29 is 34.7 Å². The predicted molar refractivity (Wildman–Crippen MR) is 133 cm³/mol. The summed E-state index contributed by atoms with van der Waals surface area (Å²) >= 11 is 0. The van der Waals surface area contributed by atoms with Crippen LogP contribution in [0.5, 0.6) is 0 Å². The minimum atomic E-state index is -1.53. The van der Waals surface area contributed by atoms with Gasteiger partial charge in [0.05, 0.1) is 25.7 Å². The van der Waals surface area contributed by atoms with Gasteiger partial charge in [-0.15, -0.1) is 0 Å². The summed E-state index contributed by atoms with van der Waals surface area (Å²) in [6.07, 6.45) is 5.87. The standard InChI is InChI=1S/C27H45NO7/c1-2-3-4-5-6-7-8-9-13-16-21(34-19-20-14-11-10-12-15-20)17-23(30)28-24-26(32)25(31)22(18-29)35-27(24)33/h10-12,14-15,21-22,24-27,29,31-33H,2-9,13,16-19H2,1H3,(H,28,30)/t21-,22+,24-,25+,26+,27-/m0/s1. The number of unbranched alkanes of at least 4 members (excludes halogenated alkanes) is 8.